The van der Waals surface area contributed by atoms with Crippen molar-refractivity contribution in [3.8, 4) is 6.07 Å². The lowest BCUT2D eigenvalue weighted by Crippen LogP contribution is -2.33. The van der Waals surface area contributed by atoms with Crippen LogP contribution in [0.2, 0.25) is 0 Å². The van der Waals surface area contributed by atoms with Crippen molar-refractivity contribution in [3.63, 3.8) is 0 Å². The number of benzene rings is 1. The quantitative estimate of drug-likeness (QED) is 0.817. The lowest BCUT2D eigenvalue weighted by atomic mass is 10.1. The Kier molecular flexibility index (Phi) is 5.13. The fourth-order valence-corrected chi connectivity index (χ4v) is 1.93. The number of furan rings is 1. The van der Waals surface area contributed by atoms with Gasteiger partial charge in [0.25, 0.3) is 5.91 Å². The first-order valence-electron chi connectivity index (χ1n) is 6.54. The molecular weight excluding hydrogens is 268 g/mol. The zero-order chi connectivity index (χ0) is 15.1. The second-order valence-corrected chi connectivity index (χ2v) is 4.54. The molecule has 0 aliphatic carbocycles. The Hall–Kier alpha value is -2.58. The fraction of sp³-hybridized carbons (Fsp3) is 0.250. The summed E-state index contributed by atoms with van der Waals surface area (Å²) in [4.78, 5) is 14.2. The monoisotopic (exact) mass is 284 g/mol. The van der Waals surface area contributed by atoms with Gasteiger partial charge in [0.15, 0.2) is 0 Å². The molecule has 5 nitrogen and oxygen atoms in total. The lowest BCUT2D eigenvalue weighted by Gasteiger charge is -2.21. The summed E-state index contributed by atoms with van der Waals surface area (Å²) in [5.74, 6) is -0.0993. The maximum atomic E-state index is 12.5. The zero-order valence-electron chi connectivity index (χ0n) is 11.8. The Morgan fingerprint density at radius 1 is 1.33 bits per heavy atom. The van der Waals surface area contributed by atoms with E-state index in [-0.39, 0.29) is 5.91 Å². The number of nitrogens with zero attached hydrogens (tertiary/aromatic N) is 2. The SMILES string of the molecule is COCCN(Cc1ccoc1)C(=O)c1ccc(C#N)cc1. The van der Waals surface area contributed by atoms with Crippen LogP contribution in [0.3, 0.4) is 0 Å². The van der Waals surface area contributed by atoms with Crippen molar-refractivity contribution in [2.45, 2.75) is 6.54 Å². The molecule has 0 saturated carbocycles. The lowest BCUT2D eigenvalue weighted by molar-refractivity contribution is 0.0680. The van der Waals surface area contributed by atoms with Crippen molar-refractivity contribution in [1.82, 2.24) is 4.90 Å². The largest absolute Gasteiger partial charge is 0.472 e. The Morgan fingerprint density at radius 2 is 2.10 bits per heavy atom. The second kappa shape index (κ2) is 7.27. The number of rotatable bonds is 6. The third-order valence-corrected chi connectivity index (χ3v) is 3.07. The van der Waals surface area contributed by atoms with Crippen molar-refractivity contribution < 1.29 is 13.9 Å². The van der Waals surface area contributed by atoms with E-state index in [1.54, 1.807) is 48.8 Å². The molecule has 0 unspecified atom stereocenters. The van der Waals surface area contributed by atoms with Crippen molar-refractivity contribution >= 4 is 5.91 Å². The van der Waals surface area contributed by atoms with Crippen LogP contribution in [0.15, 0.2) is 47.3 Å². The number of nitriles is 1. The Morgan fingerprint density at radius 3 is 2.67 bits per heavy atom. The van der Waals surface area contributed by atoms with Gasteiger partial charge < -0.3 is 14.1 Å². The van der Waals surface area contributed by atoms with Crippen molar-refractivity contribution in [2.24, 2.45) is 0 Å². The molecule has 0 spiro atoms. The zero-order valence-corrected chi connectivity index (χ0v) is 11.8. The van der Waals surface area contributed by atoms with Crippen LogP contribution in [0.25, 0.3) is 0 Å². The molecule has 0 aliphatic heterocycles. The molecule has 5 heteroatoms. The molecule has 2 rings (SSSR count). The number of methoxy groups -OCH3 is 1. The van der Waals surface area contributed by atoms with Gasteiger partial charge in [0, 0.05) is 31.3 Å². The Labute approximate surface area is 123 Å². The normalized spacial score (nSPS) is 10.1. The summed E-state index contributed by atoms with van der Waals surface area (Å²) in [6.45, 7) is 1.40. The molecule has 1 aromatic carbocycles. The highest BCUT2D eigenvalue weighted by atomic mass is 16.5. The van der Waals surface area contributed by atoms with Gasteiger partial charge in [0.05, 0.1) is 30.8 Å². The van der Waals surface area contributed by atoms with Crippen LogP contribution in [0.4, 0.5) is 0 Å². The third-order valence-electron chi connectivity index (χ3n) is 3.07. The highest BCUT2D eigenvalue weighted by molar-refractivity contribution is 5.94. The highest BCUT2D eigenvalue weighted by Crippen LogP contribution is 2.11. The van der Waals surface area contributed by atoms with Crippen molar-refractivity contribution in [2.75, 3.05) is 20.3 Å². The first kappa shape index (κ1) is 14.8. The molecule has 0 radical (unpaired) electrons. The third kappa shape index (κ3) is 3.94. The second-order valence-electron chi connectivity index (χ2n) is 4.54. The summed E-state index contributed by atoms with van der Waals surface area (Å²) in [5, 5.41) is 8.79. The van der Waals surface area contributed by atoms with E-state index in [1.165, 1.54) is 0 Å². The molecule has 1 aromatic heterocycles. The van der Waals surface area contributed by atoms with E-state index in [2.05, 4.69) is 0 Å². The summed E-state index contributed by atoms with van der Waals surface area (Å²) in [5.41, 5.74) is 2.01. The van der Waals surface area contributed by atoms with E-state index in [4.69, 9.17) is 14.4 Å². The molecule has 21 heavy (non-hydrogen) atoms. The molecular formula is C16H16N2O3. The van der Waals surface area contributed by atoms with E-state index in [0.29, 0.717) is 30.8 Å². The summed E-state index contributed by atoms with van der Waals surface area (Å²) in [7, 11) is 1.60. The number of amides is 1. The summed E-state index contributed by atoms with van der Waals surface area (Å²) in [6, 6.07) is 10.5. The first-order valence-corrected chi connectivity index (χ1v) is 6.54. The summed E-state index contributed by atoms with van der Waals surface area (Å²) < 4.78 is 10.1. The average Bonchev–Trinajstić information content (AvgIpc) is 3.04. The van der Waals surface area contributed by atoms with E-state index in [0.717, 1.165) is 5.56 Å². The van der Waals surface area contributed by atoms with Gasteiger partial charge in [-0.15, -0.1) is 0 Å². The number of hydrogen-bond acceptors (Lipinski definition) is 4. The molecule has 0 aliphatic rings. The van der Waals surface area contributed by atoms with Crippen LogP contribution in [0.5, 0.6) is 0 Å². The molecule has 1 heterocycles. The molecule has 0 saturated heterocycles. The maximum absolute atomic E-state index is 12.5. The molecule has 1 amide bonds. The van der Waals surface area contributed by atoms with Gasteiger partial charge in [0.1, 0.15) is 0 Å². The van der Waals surface area contributed by atoms with Gasteiger partial charge in [0.2, 0.25) is 0 Å². The number of carbonyl (C=O) groups excluding carboxylic acids is 1. The highest BCUT2D eigenvalue weighted by Gasteiger charge is 2.16. The van der Waals surface area contributed by atoms with Crippen LogP contribution < -0.4 is 0 Å². The van der Waals surface area contributed by atoms with Crippen molar-refractivity contribution in [1.29, 1.82) is 5.26 Å². The molecule has 0 fully saturated rings. The number of ether oxygens (including phenoxy) is 1. The summed E-state index contributed by atoms with van der Waals surface area (Å²) in [6.07, 6.45) is 3.20. The van der Waals surface area contributed by atoms with Crippen LogP contribution >= 0.6 is 0 Å². The van der Waals surface area contributed by atoms with Gasteiger partial charge in [-0.1, -0.05) is 0 Å². The van der Waals surface area contributed by atoms with Crippen molar-refractivity contribution in [3.05, 3.63) is 59.5 Å². The molecule has 0 N–H and O–H groups in total. The minimum Gasteiger partial charge on any atom is -0.472 e. The minimum atomic E-state index is -0.0993. The van der Waals surface area contributed by atoms with Gasteiger partial charge in [-0.25, -0.2) is 0 Å². The van der Waals surface area contributed by atoms with E-state index < -0.39 is 0 Å². The van der Waals surface area contributed by atoms with Crippen LogP contribution in [-0.2, 0) is 11.3 Å². The van der Waals surface area contributed by atoms with Crippen LogP contribution in [-0.4, -0.2) is 31.1 Å². The van der Waals surface area contributed by atoms with Gasteiger partial charge >= 0.3 is 0 Å². The predicted molar refractivity (Wildman–Crippen MR) is 76.5 cm³/mol. The smallest absolute Gasteiger partial charge is 0.254 e. The fourth-order valence-electron chi connectivity index (χ4n) is 1.93. The van der Waals surface area contributed by atoms with Gasteiger partial charge in [-0.2, -0.15) is 5.26 Å². The first-order chi connectivity index (χ1) is 10.2. The van der Waals surface area contributed by atoms with Gasteiger partial charge in [-0.3, -0.25) is 4.79 Å². The molecule has 2 aromatic rings. The number of hydrogen-bond donors (Lipinski definition) is 0. The maximum Gasteiger partial charge on any atom is 0.254 e. The van der Waals surface area contributed by atoms with Crippen LogP contribution in [0, 0.1) is 11.3 Å². The predicted octanol–water partition coefficient (Wildman–Crippen LogP) is 2.44. The van der Waals surface area contributed by atoms with E-state index in [9.17, 15) is 4.79 Å². The van der Waals surface area contributed by atoms with E-state index >= 15 is 0 Å². The Bertz CT molecular complexity index is 612. The van der Waals surface area contributed by atoms with Crippen LogP contribution in [0.1, 0.15) is 21.5 Å². The summed E-state index contributed by atoms with van der Waals surface area (Å²) >= 11 is 0. The molecule has 0 atom stereocenters. The minimum absolute atomic E-state index is 0.0993. The number of carbonyl (C=O) groups is 1. The Balaban J connectivity index is 2.14. The average molecular weight is 284 g/mol. The topological polar surface area (TPSA) is 66.5 Å². The van der Waals surface area contributed by atoms with Gasteiger partial charge in [-0.05, 0) is 30.3 Å². The van der Waals surface area contributed by atoms with E-state index in [1.807, 2.05) is 12.1 Å². The standard InChI is InChI=1S/C16H16N2O3/c1-20-9-7-18(11-14-6-8-21-12-14)16(19)15-4-2-13(10-17)3-5-15/h2-6,8,12H,7,9,11H2,1H3. The molecule has 108 valence electrons. The molecule has 0 bridgehead atoms.